The van der Waals surface area contributed by atoms with E-state index in [4.69, 9.17) is 0 Å². The van der Waals surface area contributed by atoms with Crippen LogP contribution in [0.3, 0.4) is 0 Å². The van der Waals surface area contributed by atoms with Gasteiger partial charge in [-0.05, 0) is 18.9 Å². The van der Waals surface area contributed by atoms with Crippen molar-refractivity contribution in [3.63, 3.8) is 0 Å². The lowest BCUT2D eigenvalue weighted by Crippen LogP contribution is -2.20. The van der Waals surface area contributed by atoms with E-state index < -0.39 is 11.4 Å². The van der Waals surface area contributed by atoms with E-state index in [-0.39, 0.29) is 0 Å². The van der Waals surface area contributed by atoms with Crippen LogP contribution in [0.15, 0.2) is 24.3 Å². The van der Waals surface area contributed by atoms with E-state index in [0.29, 0.717) is 12.8 Å². The average Bonchev–Trinajstić information content (AvgIpc) is 3.01. The lowest BCUT2D eigenvalue weighted by molar-refractivity contribution is -0.140. The molecule has 1 aromatic heterocycles. The molecule has 4 nitrogen and oxygen atoms in total. The maximum Gasteiger partial charge on any atom is 0.315 e. The fraction of sp³-hybridized carbons (Fsp3) is 0.333. The van der Waals surface area contributed by atoms with E-state index >= 15 is 0 Å². The number of aliphatic carboxylic acids is 1. The SMILES string of the molecule is Cn1nc(C2(C(=O)O)CC2)c2ccccc21. The molecule has 0 spiro atoms. The van der Waals surface area contributed by atoms with Gasteiger partial charge in [-0.2, -0.15) is 5.10 Å². The van der Waals surface area contributed by atoms with Crippen LogP contribution in [0, 0.1) is 0 Å². The molecule has 1 heterocycles. The van der Waals surface area contributed by atoms with Gasteiger partial charge >= 0.3 is 5.97 Å². The summed E-state index contributed by atoms with van der Waals surface area (Å²) in [4.78, 5) is 11.3. The van der Waals surface area contributed by atoms with Gasteiger partial charge < -0.3 is 5.11 Å². The first-order chi connectivity index (χ1) is 7.65. The van der Waals surface area contributed by atoms with Crippen LogP contribution in [-0.2, 0) is 17.3 Å². The van der Waals surface area contributed by atoms with Crippen LogP contribution >= 0.6 is 0 Å². The Labute approximate surface area is 92.5 Å². The van der Waals surface area contributed by atoms with E-state index in [0.717, 1.165) is 16.6 Å². The standard InChI is InChI=1S/C12H12N2O2/c1-14-9-5-3-2-4-8(9)10(13-14)12(6-7-12)11(15)16/h2-5H,6-7H2,1H3,(H,15,16). The Morgan fingerprint density at radius 2 is 2.12 bits per heavy atom. The molecule has 0 unspecified atom stereocenters. The van der Waals surface area contributed by atoms with Crippen molar-refractivity contribution in [2.45, 2.75) is 18.3 Å². The summed E-state index contributed by atoms with van der Waals surface area (Å²) in [6, 6.07) is 7.77. The quantitative estimate of drug-likeness (QED) is 0.831. The smallest absolute Gasteiger partial charge is 0.315 e. The predicted molar refractivity (Wildman–Crippen MR) is 59.3 cm³/mol. The second kappa shape index (κ2) is 2.84. The molecule has 0 bridgehead atoms. The number of carboxylic acids is 1. The summed E-state index contributed by atoms with van der Waals surface area (Å²) in [7, 11) is 1.85. The number of hydrogen-bond acceptors (Lipinski definition) is 2. The molecule has 16 heavy (non-hydrogen) atoms. The Balaban J connectivity index is 2.29. The monoisotopic (exact) mass is 216 g/mol. The molecule has 3 rings (SSSR count). The lowest BCUT2D eigenvalue weighted by Gasteiger charge is -2.05. The zero-order valence-corrected chi connectivity index (χ0v) is 8.97. The molecular weight excluding hydrogens is 204 g/mol. The van der Waals surface area contributed by atoms with Crippen LogP contribution in [0.5, 0.6) is 0 Å². The molecule has 0 saturated heterocycles. The summed E-state index contributed by atoms with van der Waals surface area (Å²) in [5.41, 5.74) is 0.990. The first-order valence-electron chi connectivity index (χ1n) is 5.31. The number of hydrogen-bond donors (Lipinski definition) is 1. The molecule has 2 aromatic rings. The molecule has 1 N–H and O–H groups in total. The number of carboxylic acid groups (broad SMARTS) is 1. The fourth-order valence-corrected chi connectivity index (χ4v) is 2.24. The van der Waals surface area contributed by atoms with Gasteiger partial charge in [-0.3, -0.25) is 9.48 Å². The number of benzene rings is 1. The Hall–Kier alpha value is -1.84. The summed E-state index contributed by atoms with van der Waals surface area (Å²) in [6.07, 6.45) is 1.40. The van der Waals surface area contributed by atoms with Gasteiger partial charge in [0.2, 0.25) is 0 Å². The fourth-order valence-electron chi connectivity index (χ4n) is 2.24. The number of aryl methyl sites for hydroxylation is 1. The Morgan fingerprint density at radius 3 is 2.75 bits per heavy atom. The van der Waals surface area contributed by atoms with Crippen molar-refractivity contribution < 1.29 is 9.90 Å². The van der Waals surface area contributed by atoms with Crippen molar-refractivity contribution >= 4 is 16.9 Å². The highest BCUT2D eigenvalue weighted by molar-refractivity contribution is 5.92. The average molecular weight is 216 g/mol. The van der Waals surface area contributed by atoms with Gasteiger partial charge in [0.05, 0.1) is 11.2 Å². The lowest BCUT2D eigenvalue weighted by atomic mass is 9.99. The zero-order valence-electron chi connectivity index (χ0n) is 8.97. The van der Waals surface area contributed by atoms with Gasteiger partial charge in [0.15, 0.2) is 0 Å². The first-order valence-corrected chi connectivity index (χ1v) is 5.31. The van der Waals surface area contributed by atoms with Crippen LogP contribution in [0.2, 0.25) is 0 Å². The number of para-hydroxylation sites is 1. The third kappa shape index (κ3) is 1.04. The molecule has 1 saturated carbocycles. The van der Waals surface area contributed by atoms with Crippen LogP contribution in [0.4, 0.5) is 0 Å². The molecule has 0 atom stereocenters. The Bertz CT molecular complexity index is 582. The Kier molecular flexibility index (Phi) is 1.67. The Morgan fingerprint density at radius 1 is 1.44 bits per heavy atom. The molecule has 1 aromatic carbocycles. The maximum atomic E-state index is 11.3. The van der Waals surface area contributed by atoms with Gasteiger partial charge in [-0.15, -0.1) is 0 Å². The van der Waals surface area contributed by atoms with Crippen LogP contribution < -0.4 is 0 Å². The predicted octanol–water partition coefficient (Wildman–Crippen LogP) is 1.69. The number of rotatable bonds is 2. The zero-order chi connectivity index (χ0) is 11.3. The molecule has 4 heteroatoms. The van der Waals surface area contributed by atoms with Crippen LogP contribution in [0.25, 0.3) is 10.9 Å². The van der Waals surface area contributed by atoms with Crippen molar-refractivity contribution in [2.75, 3.05) is 0 Å². The van der Waals surface area contributed by atoms with Crippen LogP contribution in [0.1, 0.15) is 18.5 Å². The van der Waals surface area contributed by atoms with E-state index in [1.165, 1.54) is 0 Å². The molecule has 0 amide bonds. The number of aromatic nitrogens is 2. The summed E-state index contributed by atoms with van der Waals surface area (Å²) in [5.74, 6) is -0.753. The van der Waals surface area contributed by atoms with E-state index in [9.17, 15) is 9.90 Å². The van der Waals surface area contributed by atoms with Gasteiger partial charge in [0.1, 0.15) is 5.41 Å². The minimum atomic E-state index is -0.753. The number of nitrogens with zero attached hydrogens (tertiary/aromatic N) is 2. The van der Waals surface area contributed by atoms with Gasteiger partial charge in [0, 0.05) is 12.4 Å². The van der Waals surface area contributed by atoms with E-state index in [1.807, 2.05) is 31.3 Å². The third-order valence-corrected chi connectivity index (χ3v) is 3.37. The molecule has 0 radical (unpaired) electrons. The molecule has 1 fully saturated rings. The minimum absolute atomic E-state index is 0.698. The van der Waals surface area contributed by atoms with Crippen molar-refractivity contribution in [3.8, 4) is 0 Å². The summed E-state index contributed by atoms with van der Waals surface area (Å²) in [5, 5.41) is 14.6. The number of fused-ring (bicyclic) bond motifs is 1. The largest absolute Gasteiger partial charge is 0.481 e. The molecule has 0 aliphatic heterocycles. The molecule has 1 aliphatic carbocycles. The second-order valence-electron chi connectivity index (χ2n) is 4.38. The highest BCUT2D eigenvalue weighted by atomic mass is 16.4. The summed E-state index contributed by atoms with van der Waals surface area (Å²) in [6.45, 7) is 0. The summed E-state index contributed by atoms with van der Waals surface area (Å²) < 4.78 is 1.76. The van der Waals surface area contributed by atoms with Crippen molar-refractivity contribution in [2.24, 2.45) is 7.05 Å². The normalized spacial score (nSPS) is 17.6. The van der Waals surface area contributed by atoms with E-state index in [1.54, 1.807) is 4.68 Å². The van der Waals surface area contributed by atoms with Crippen molar-refractivity contribution in [1.82, 2.24) is 9.78 Å². The maximum absolute atomic E-state index is 11.3. The number of carbonyl (C=O) groups is 1. The summed E-state index contributed by atoms with van der Waals surface area (Å²) >= 11 is 0. The minimum Gasteiger partial charge on any atom is -0.481 e. The highest BCUT2D eigenvalue weighted by Gasteiger charge is 2.54. The molecule has 82 valence electrons. The van der Waals surface area contributed by atoms with Crippen molar-refractivity contribution in [1.29, 1.82) is 0 Å². The first kappa shape index (κ1) is 9.39. The topological polar surface area (TPSA) is 55.1 Å². The van der Waals surface area contributed by atoms with E-state index in [2.05, 4.69) is 5.10 Å². The van der Waals surface area contributed by atoms with Gasteiger partial charge in [-0.1, -0.05) is 18.2 Å². The molecular formula is C12H12N2O2. The van der Waals surface area contributed by atoms with Gasteiger partial charge in [-0.25, -0.2) is 0 Å². The van der Waals surface area contributed by atoms with Crippen molar-refractivity contribution in [3.05, 3.63) is 30.0 Å². The van der Waals surface area contributed by atoms with Gasteiger partial charge in [0.25, 0.3) is 0 Å². The van der Waals surface area contributed by atoms with Crippen LogP contribution in [-0.4, -0.2) is 20.9 Å². The molecule has 1 aliphatic rings. The third-order valence-electron chi connectivity index (χ3n) is 3.37. The highest BCUT2D eigenvalue weighted by Crippen LogP contribution is 2.49. The second-order valence-corrected chi connectivity index (χ2v) is 4.38.